The summed E-state index contributed by atoms with van der Waals surface area (Å²) in [6.45, 7) is 2.36. The highest BCUT2D eigenvalue weighted by Gasteiger charge is 2.31. The van der Waals surface area contributed by atoms with Gasteiger partial charge in [0.05, 0.1) is 14.2 Å². The molecule has 3 aromatic rings. The minimum absolute atomic E-state index is 0.0956. The average molecular weight is 574 g/mol. The monoisotopic (exact) mass is 572 g/mol. The second kappa shape index (κ2) is 15.2. The minimum Gasteiger partial charge on any atom is -0.496 e. The van der Waals surface area contributed by atoms with Crippen LogP contribution in [0.1, 0.15) is 30.9 Å². The van der Waals surface area contributed by atoms with E-state index in [1.54, 1.807) is 36.4 Å². The number of carbonyl (C=O) groups excluding carboxylic acids is 2. The second-order valence-corrected chi connectivity index (χ2v) is 9.79. The number of hydrogen-bond donors (Lipinski definition) is 1. The normalized spacial score (nSPS) is 11.4. The molecular formula is C30H34Cl2N2O5. The molecule has 0 aliphatic carbocycles. The Hall–Kier alpha value is -3.42. The molecule has 3 rings (SSSR count). The van der Waals surface area contributed by atoms with Crippen LogP contribution in [-0.2, 0) is 22.6 Å². The zero-order valence-corrected chi connectivity index (χ0v) is 23.9. The molecule has 1 unspecified atom stereocenters. The molecule has 3 aromatic carbocycles. The smallest absolute Gasteiger partial charge is 0.261 e. The molecule has 7 nitrogen and oxygen atoms in total. The molecule has 0 aromatic heterocycles. The third-order valence-electron chi connectivity index (χ3n) is 6.14. The van der Waals surface area contributed by atoms with Gasteiger partial charge in [0.15, 0.2) is 6.61 Å². The van der Waals surface area contributed by atoms with E-state index in [2.05, 4.69) is 12.2 Å². The Balaban J connectivity index is 1.93. The maximum atomic E-state index is 13.8. The SMILES string of the molecule is CCCCNC(=O)C(Cc1ccccc1)N(Cc1ccc(Cl)cc1Cl)C(=O)COc1cc(OC)cc(OC)c1. The quantitative estimate of drug-likeness (QED) is 0.242. The van der Waals surface area contributed by atoms with E-state index in [-0.39, 0.29) is 25.0 Å². The predicted molar refractivity (Wildman–Crippen MR) is 154 cm³/mol. The van der Waals surface area contributed by atoms with Crippen molar-refractivity contribution >= 4 is 35.0 Å². The highest BCUT2D eigenvalue weighted by atomic mass is 35.5. The van der Waals surface area contributed by atoms with Gasteiger partial charge in [0, 0.05) is 47.8 Å². The van der Waals surface area contributed by atoms with Crippen LogP contribution in [0, 0.1) is 0 Å². The van der Waals surface area contributed by atoms with Crippen molar-refractivity contribution in [2.24, 2.45) is 0 Å². The standard InChI is InChI=1S/C30H34Cl2N2O5/c1-4-5-13-33-30(36)28(14-21-9-7-6-8-10-21)34(19-22-11-12-23(31)15-27(22)32)29(35)20-39-26-17-24(37-2)16-25(18-26)38-3/h6-12,15-18,28H,4-5,13-14,19-20H2,1-3H3,(H,33,36). The number of benzene rings is 3. The summed E-state index contributed by atoms with van der Waals surface area (Å²) >= 11 is 12.6. The maximum absolute atomic E-state index is 13.8. The Labute approximate surface area is 240 Å². The van der Waals surface area contributed by atoms with Crippen LogP contribution in [0.4, 0.5) is 0 Å². The number of unbranched alkanes of at least 4 members (excludes halogenated alkanes) is 1. The molecule has 2 amide bonds. The lowest BCUT2D eigenvalue weighted by atomic mass is 10.0. The highest BCUT2D eigenvalue weighted by molar-refractivity contribution is 6.35. The van der Waals surface area contributed by atoms with Crippen molar-refractivity contribution in [1.82, 2.24) is 10.2 Å². The largest absolute Gasteiger partial charge is 0.496 e. The molecule has 0 saturated heterocycles. The first kappa shape index (κ1) is 30.1. The molecule has 0 spiro atoms. The Morgan fingerprint density at radius 1 is 0.923 bits per heavy atom. The summed E-state index contributed by atoms with van der Waals surface area (Å²) < 4.78 is 16.5. The zero-order chi connectivity index (χ0) is 28.2. The number of hydrogen-bond acceptors (Lipinski definition) is 5. The highest BCUT2D eigenvalue weighted by Crippen LogP contribution is 2.28. The van der Waals surface area contributed by atoms with Crippen molar-refractivity contribution in [2.75, 3.05) is 27.4 Å². The number of rotatable bonds is 14. The molecule has 0 radical (unpaired) electrons. The lowest BCUT2D eigenvalue weighted by molar-refractivity contribution is -0.142. The van der Waals surface area contributed by atoms with Crippen LogP contribution in [-0.4, -0.2) is 50.1 Å². The Morgan fingerprint density at radius 2 is 1.59 bits per heavy atom. The summed E-state index contributed by atoms with van der Waals surface area (Å²) in [5.74, 6) is 0.830. The van der Waals surface area contributed by atoms with Crippen LogP contribution in [0.3, 0.4) is 0 Å². The second-order valence-electron chi connectivity index (χ2n) is 8.94. The summed E-state index contributed by atoms with van der Waals surface area (Å²) in [7, 11) is 3.07. The van der Waals surface area contributed by atoms with Crippen molar-refractivity contribution in [3.8, 4) is 17.2 Å². The van der Waals surface area contributed by atoms with Gasteiger partial charge in [-0.3, -0.25) is 9.59 Å². The van der Waals surface area contributed by atoms with Crippen LogP contribution in [0.15, 0.2) is 66.7 Å². The third-order valence-corrected chi connectivity index (χ3v) is 6.73. The van der Waals surface area contributed by atoms with Crippen LogP contribution in [0.2, 0.25) is 10.0 Å². The van der Waals surface area contributed by atoms with Crippen molar-refractivity contribution in [3.05, 3.63) is 87.9 Å². The van der Waals surface area contributed by atoms with Crippen molar-refractivity contribution in [1.29, 1.82) is 0 Å². The maximum Gasteiger partial charge on any atom is 0.261 e. The summed E-state index contributed by atoms with van der Waals surface area (Å²) in [4.78, 5) is 28.8. The van der Waals surface area contributed by atoms with Gasteiger partial charge in [-0.05, 0) is 29.7 Å². The molecule has 39 heavy (non-hydrogen) atoms. The molecule has 1 N–H and O–H groups in total. The van der Waals surface area contributed by atoms with Crippen molar-refractivity contribution in [2.45, 2.75) is 38.8 Å². The van der Waals surface area contributed by atoms with Gasteiger partial charge in [-0.2, -0.15) is 0 Å². The third kappa shape index (κ3) is 9.08. The average Bonchev–Trinajstić information content (AvgIpc) is 2.95. The summed E-state index contributed by atoms with van der Waals surface area (Å²) in [6.07, 6.45) is 2.09. The lowest BCUT2D eigenvalue weighted by Crippen LogP contribution is -2.51. The van der Waals surface area contributed by atoms with Gasteiger partial charge < -0.3 is 24.4 Å². The number of nitrogens with zero attached hydrogens (tertiary/aromatic N) is 1. The summed E-state index contributed by atoms with van der Waals surface area (Å²) in [6, 6.07) is 18.9. The van der Waals surface area contributed by atoms with Crippen LogP contribution in [0.25, 0.3) is 0 Å². The fraction of sp³-hybridized carbons (Fsp3) is 0.333. The van der Waals surface area contributed by atoms with E-state index < -0.39 is 6.04 Å². The zero-order valence-electron chi connectivity index (χ0n) is 22.4. The number of carbonyl (C=O) groups is 2. The number of methoxy groups -OCH3 is 2. The fourth-order valence-electron chi connectivity index (χ4n) is 3.99. The number of halogens is 2. The molecule has 0 heterocycles. The van der Waals surface area contributed by atoms with E-state index >= 15 is 0 Å². The minimum atomic E-state index is -0.799. The van der Waals surface area contributed by atoms with Crippen molar-refractivity contribution in [3.63, 3.8) is 0 Å². The number of nitrogens with one attached hydrogen (secondary N) is 1. The Bertz CT molecular complexity index is 1220. The van der Waals surface area contributed by atoms with Gasteiger partial charge in [-0.15, -0.1) is 0 Å². The van der Waals surface area contributed by atoms with E-state index in [1.807, 2.05) is 30.3 Å². The van der Waals surface area contributed by atoms with Crippen LogP contribution >= 0.6 is 23.2 Å². The van der Waals surface area contributed by atoms with Gasteiger partial charge in [-0.25, -0.2) is 0 Å². The van der Waals surface area contributed by atoms with Gasteiger partial charge in [0.1, 0.15) is 23.3 Å². The van der Waals surface area contributed by atoms with E-state index in [1.165, 1.54) is 19.1 Å². The number of ether oxygens (including phenoxy) is 3. The van der Waals surface area contributed by atoms with Crippen molar-refractivity contribution < 1.29 is 23.8 Å². The lowest BCUT2D eigenvalue weighted by Gasteiger charge is -2.31. The molecular weight excluding hydrogens is 539 g/mol. The van der Waals surface area contributed by atoms with Gasteiger partial charge in [-0.1, -0.05) is 72.9 Å². The van der Waals surface area contributed by atoms with Crippen LogP contribution in [0.5, 0.6) is 17.2 Å². The van der Waals surface area contributed by atoms with Crippen LogP contribution < -0.4 is 19.5 Å². The van der Waals surface area contributed by atoms with E-state index in [0.29, 0.717) is 45.8 Å². The molecule has 0 aliphatic heterocycles. The molecule has 1 atom stereocenters. The molecule has 0 aliphatic rings. The van der Waals surface area contributed by atoms with Gasteiger partial charge in [0.2, 0.25) is 5.91 Å². The first-order valence-electron chi connectivity index (χ1n) is 12.8. The topological polar surface area (TPSA) is 77.1 Å². The molecule has 9 heteroatoms. The first-order valence-corrected chi connectivity index (χ1v) is 13.5. The van der Waals surface area contributed by atoms with Gasteiger partial charge >= 0.3 is 0 Å². The summed E-state index contributed by atoms with van der Waals surface area (Å²) in [5.41, 5.74) is 1.59. The summed E-state index contributed by atoms with van der Waals surface area (Å²) in [5, 5.41) is 3.88. The molecule has 0 bridgehead atoms. The van der Waals surface area contributed by atoms with E-state index in [4.69, 9.17) is 37.4 Å². The molecule has 208 valence electrons. The Morgan fingerprint density at radius 3 is 2.21 bits per heavy atom. The predicted octanol–water partition coefficient (Wildman–Crippen LogP) is 5.95. The Kier molecular flexibility index (Phi) is 11.8. The first-order chi connectivity index (χ1) is 18.8. The van der Waals surface area contributed by atoms with Gasteiger partial charge in [0.25, 0.3) is 5.91 Å². The molecule has 0 saturated carbocycles. The number of amides is 2. The van der Waals surface area contributed by atoms with E-state index in [9.17, 15) is 9.59 Å². The fourth-order valence-corrected chi connectivity index (χ4v) is 4.45. The molecule has 0 fully saturated rings. The van der Waals surface area contributed by atoms with E-state index in [0.717, 1.165) is 18.4 Å².